The molecule has 0 atom stereocenters. The fourth-order valence-corrected chi connectivity index (χ4v) is 2.01. The SMILES string of the molecule is COC(CNc1cc(=O)n(C)c2ccccc12)OC. The molecule has 1 N–H and O–H groups in total. The van der Waals surface area contributed by atoms with Crippen LogP contribution in [0.25, 0.3) is 10.9 Å². The van der Waals surface area contributed by atoms with Crippen molar-refractivity contribution in [2.45, 2.75) is 6.29 Å². The van der Waals surface area contributed by atoms with Crippen LogP contribution in [0.1, 0.15) is 0 Å². The van der Waals surface area contributed by atoms with E-state index in [0.29, 0.717) is 6.54 Å². The largest absolute Gasteiger partial charge is 0.379 e. The number of methoxy groups -OCH3 is 2. The summed E-state index contributed by atoms with van der Waals surface area (Å²) in [6.07, 6.45) is -0.345. The summed E-state index contributed by atoms with van der Waals surface area (Å²) in [6, 6.07) is 9.35. The first kappa shape index (κ1) is 13.6. The molecule has 0 bridgehead atoms. The lowest BCUT2D eigenvalue weighted by Crippen LogP contribution is -2.25. The zero-order valence-corrected chi connectivity index (χ0v) is 11.3. The molecule has 0 spiro atoms. The third-order valence-electron chi connectivity index (χ3n) is 3.14. The smallest absolute Gasteiger partial charge is 0.252 e. The minimum absolute atomic E-state index is 0.0485. The van der Waals surface area contributed by atoms with Gasteiger partial charge in [0.2, 0.25) is 0 Å². The molecule has 1 aromatic heterocycles. The third kappa shape index (κ3) is 2.77. The topological polar surface area (TPSA) is 52.5 Å². The molecular weight excluding hydrogens is 244 g/mol. The first-order chi connectivity index (χ1) is 9.17. The van der Waals surface area contributed by atoms with E-state index in [1.165, 1.54) is 0 Å². The van der Waals surface area contributed by atoms with Crippen molar-refractivity contribution < 1.29 is 9.47 Å². The zero-order valence-electron chi connectivity index (χ0n) is 11.3. The summed E-state index contributed by atoms with van der Waals surface area (Å²) >= 11 is 0. The van der Waals surface area contributed by atoms with E-state index >= 15 is 0 Å². The van der Waals surface area contributed by atoms with E-state index in [1.54, 1.807) is 31.9 Å². The highest BCUT2D eigenvalue weighted by Gasteiger charge is 2.08. The Hall–Kier alpha value is -1.85. The highest BCUT2D eigenvalue weighted by Crippen LogP contribution is 2.20. The summed E-state index contributed by atoms with van der Waals surface area (Å²) in [6.45, 7) is 0.476. The molecule has 0 saturated carbocycles. The predicted molar refractivity (Wildman–Crippen MR) is 75.5 cm³/mol. The van der Waals surface area contributed by atoms with Crippen molar-refractivity contribution in [3.63, 3.8) is 0 Å². The summed E-state index contributed by atoms with van der Waals surface area (Å²) in [7, 11) is 4.93. The van der Waals surface area contributed by atoms with Gasteiger partial charge in [0.05, 0.1) is 12.1 Å². The van der Waals surface area contributed by atoms with E-state index in [4.69, 9.17) is 9.47 Å². The van der Waals surface area contributed by atoms with Crippen molar-refractivity contribution in [1.29, 1.82) is 0 Å². The van der Waals surface area contributed by atoms with Crippen LogP contribution in [0.3, 0.4) is 0 Å². The summed E-state index contributed by atoms with van der Waals surface area (Å²) in [5.41, 5.74) is 1.63. The molecule has 0 radical (unpaired) electrons. The van der Waals surface area contributed by atoms with Crippen LogP contribution in [-0.4, -0.2) is 31.6 Å². The van der Waals surface area contributed by atoms with Gasteiger partial charge in [0, 0.05) is 38.4 Å². The highest BCUT2D eigenvalue weighted by molar-refractivity contribution is 5.91. The van der Waals surface area contributed by atoms with Crippen LogP contribution in [0.15, 0.2) is 35.1 Å². The van der Waals surface area contributed by atoms with Crippen molar-refractivity contribution in [1.82, 2.24) is 4.57 Å². The van der Waals surface area contributed by atoms with Crippen LogP contribution in [0, 0.1) is 0 Å². The van der Waals surface area contributed by atoms with Crippen molar-refractivity contribution >= 4 is 16.6 Å². The van der Waals surface area contributed by atoms with Crippen LogP contribution >= 0.6 is 0 Å². The number of fused-ring (bicyclic) bond motifs is 1. The van der Waals surface area contributed by atoms with Crippen LogP contribution in [-0.2, 0) is 16.5 Å². The number of ether oxygens (including phenoxy) is 2. The molecule has 2 aromatic rings. The molecule has 0 aliphatic heterocycles. The number of hydrogen-bond donors (Lipinski definition) is 1. The number of nitrogens with one attached hydrogen (secondary N) is 1. The van der Waals surface area contributed by atoms with E-state index in [9.17, 15) is 4.79 Å². The second kappa shape index (κ2) is 5.86. The Labute approximate surface area is 111 Å². The Morgan fingerprint density at radius 3 is 2.63 bits per heavy atom. The minimum Gasteiger partial charge on any atom is -0.379 e. The van der Waals surface area contributed by atoms with E-state index in [1.807, 2.05) is 24.3 Å². The number of hydrogen-bond acceptors (Lipinski definition) is 4. The Morgan fingerprint density at radius 2 is 1.95 bits per heavy atom. The van der Waals surface area contributed by atoms with E-state index in [-0.39, 0.29) is 11.8 Å². The normalized spacial score (nSPS) is 11.2. The fraction of sp³-hybridized carbons (Fsp3) is 0.357. The van der Waals surface area contributed by atoms with Gasteiger partial charge in [-0.3, -0.25) is 4.79 Å². The van der Waals surface area contributed by atoms with Crippen molar-refractivity contribution in [2.75, 3.05) is 26.1 Å². The van der Waals surface area contributed by atoms with Crippen molar-refractivity contribution in [2.24, 2.45) is 7.05 Å². The van der Waals surface area contributed by atoms with Gasteiger partial charge in [0.25, 0.3) is 5.56 Å². The Balaban J connectivity index is 2.38. The molecular formula is C14H18N2O3. The molecule has 2 rings (SSSR count). The maximum Gasteiger partial charge on any atom is 0.252 e. The van der Waals surface area contributed by atoms with Gasteiger partial charge in [-0.15, -0.1) is 0 Å². The number of aromatic nitrogens is 1. The predicted octanol–water partition coefficient (Wildman–Crippen LogP) is 1.57. The van der Waals surface area contributed by atoms with Crippen molar-refractivity contribution in [3.8, 4) is 0 Å². The quantitative estimate of drug-likeness (QED) is 0.831. The number of pyridine rings is 1. The lowest BCUT2D eigenvalue weighted by atomic mass is 10.2. The van der Waals surface area contributed by atoms with Crippen LogP contribution < -0.4 is 10.9 Å². The third-order valence-corrected chi connectivity index (χ3v) is 3.14. The molecule has 0 amide bonds. The summed E-state index contributed by atoms with van der Waals surface area (Å²) in [4.78, 5) is 11.9. The van der Waals surface area contributed by atoms with Gasteiger partial charge in [-0.1, -0.05) is 18.2 Å². The number of para-hydroxylation sites is 1. The molecule has 1 heterocycles. The number of anilines is 1. The highest BCUT2D eigenvalue weighted by atomic mass is 16.7. The van der Waals surface area contributed by atoms with E-state index in [2.05, 4.69) is 5.32 Å². The second-order valence-electron chi connectivity index (χ2n) is 4.25. The standard InChI is InChI=1S/C14H18N2O3/c1-16-12-7-5-4-6-10(12)11(8-13(16)17)15-9-14(18-2)19-3/h4-8,14-15H,9H2,1-3H3. The van der Waals surface area contributed by atoms with E-state index in [0.717, 1.165) is 16.6 Å². The number of nitrogens with zero attached hydrogens (tertiary/aromatic N) is 1. The number of aryl methyl sites for hydroxylation is 1. The number of rotatable bonds is 5. The Morgan fingerprint density at radius 1 is 1.26 bits per heavy atom. The molecule has 0 saturated heterocycles. The monoisotopic (exact) mass is 262 g/mol. The van der Waals surface area contributed by atoms with Gasteiger partial charge in [0.1, 0.15) is 0 Å². The van der Waals surface area contributed by atoms with Gasteiger partial charge in [0.15, 0.2) is 6.29 Å². The first-order valence-electron chi connectivity index (χ1n) is 6.05. The Bertz CT molecular complexity index is 618. The average molecular weight is 262 g/mol. The van der Waals surface area contributed by atoms with Crippen LogP contribution in [0.5, 0.6) is 0 Å². The fourth-order valence-electron chi connectivity index (χ4n) is 2.01. The van der Waals surface area contributed by atoms with Gasteiger partial charge in [-0.2, -0.15) is 0 Å². The average Bonchev–Trinajstić information content (AvgIpc) is 2.45. The molecule has 19 heavy (non-hydrogen) atoms. The van der Waals surface area contributed by atoms with E-state index < -0.39 is 0 Å². The molecule has 0 aliphatic carbocycles. The van der Waals surface area contributed by atoms with Gasteiger partial charge >= 0.3 is 0 Å². The lowest BCUT2D eigenvalue weighted by Gasteiger charge is -2.16. The zero-order chi connectivity index (χ0) is 13.8. The lowest BCUT2D eigenvalue weighted by molar-refractivity contribution is -0.0913. The maximum atomic E-state index is 11.9. The molecule has 5 heteroatoms. The Kier molecular flexibility index (Phi) is 4.19. The minimum atomic E-state index is -0.345. The molecule has 0 fully saturated rings. The second-order valence-corrected chi connectivity index (χ2v) is 4.25. The molecule has 102 valence electrons. The summed E-state index contributed by atoms with van der Waals surface area (Å²) < 4.78 is 11.9. The summed E-state index contributed by atoms with van der Waals surface area (Å²) in [5.74, 6) is 0. The number of benzene rings is 1. The van der Waals surface area contributed by atoms with Crippen molar-refractivity contribution in [3.05, 3.63) is 40.7 Å². The first-order valence-corrected chi connectivity index (χ1v) is 6.05. The molecule has 0 unspecified atom stereocenters. The molecule has 1 aromatic carbocycles. The molecule has 5 nitrogen and oxygen atoms in total. The van der Waals surface area contributed by atoms with Gasteiger partial charge < -0.3 is 19.4 Å². The van der Waals surface area contributed by atoms with Crippen LogP contribution in [0.4, 0.5) is 5.69 Å². The van der Waals surface area contributed by atoms with Gasteiger partial charge in [-0.05, 0) is 6.07 Å². The van der Waals surface area contributed by atoms with Crippen LogP contribution in [0.2, 0.25) is 0 Å². The summed E-state index contributed by atoms with van der Waals surface area (Å²) in [5, 5.41) is 4.19. The molecule has 0 aliphatic rings. The maximum absolute atomic E-state index is 11.9. The van der Waals surface area contributed by atoms with Gasteiger partial charge in [-0.25, -0.2) is 0 Å².